The number of fused-ring (bicyclic) bond motifs is 3. The highest BCUT2D eigenvalue weighted by Crippen LogP contribution is 2.41. The van der Waals surface area contributed by atoms with E-state index < -0.39 is 6.17 Å². The minimum absolute atomic E-state index is 0.160. The molecule has 1 saturated heterocycles. The van der Waals surface area contributed by atoms with Gasteiger partial charge in [0.1, 0.15) is 12.8 Å². The predicted molar refractivity (Wildman–Crippen MR) is 64.5 cm³/mol. The summed E-state index contributed by atoms with van der Waals surface area (Å²) >= 11 is 0. The van der Waals surface area contributed by atoms with Gasteiger partial charge in [0.25, 0.3) is 0 Å². The van der Waals surface area contributed by atoms with Gasteiger partial charge in [0, 0.05) is 18.2 Å². The number of aromatic nitrogens is 1. The van der Waals surface area contributed by atoms with Gasteiger partial charge in [-0.1, -0.05) is 13.8 Å². The van der Waals surface area contributed by atoms with Gasteiger partial charge < -0.3 is 9.64 Å². The van der Waals surface area contributed by atoms with Crippen LogP contribution in [0, 0.1) is 0 Å². The zero-order valence-corrected chi connectivity index (χ0v) is 10.2. The Balaban J connectivity index is 2.04. The minimum Gasteiger partial charge on any atom is -0.487 e. The number of halogens is 1. The topological polar surface area (TPSA) is 25.4 Å². The SMILES string of the molecule is CC(C)c1ccnc2c1OC[C@@H]1CC(F)CN21. The summed E-state index contributed by atoms with van der Waals surface area (Å²) in [6.45, 7) is 5.30. The first-order valence-corrected chi connectivity index (χ1v) is 6.19. The molecule has 0 aliphatic carbocycles. The summed E-state index contributed by atoms with van der Waals surface area (Å²) < 4.78 is 19.3. The van der Waals surface area contributed by atoms with Crippen LogP contribution in [0.2, 0.25) is 0 Å². The van der Waals surface area contributed by atoms with Gasteiger partial charge in [-0.3, -0.25) is 0 Å². The van der Waals surface area contributed by atoms with Crippen LogP contribution in [-0.2, 0) is 0 Å². The second-order valence-electron chi connectivity index (χ2n) is 5.16. The molecule has 0 amide bonds. The Morgan fingerprint density at radius 2 is 2.35 bits per heavy atom. The van der Waals surface area contributed by atoms with Gasteiger partial charge in [-0.05, 0) is 12.0 Å². The first kappa shape index (κ1) is 10.8. The Labute approximate surface area is 101 Å². The summed E-state index contributed by atoms with van der Waals surface area (Å²) in [4.78, 5) is 6.44. The fraction of sp³-hybridized carbons (Fsp3) is 0.615. The van der Waals surface area contributed by atoms with Crippen LogP contribution in [0.5, 0.6) is 5.75 Å². The van der Waals surface area contributed by atoms with Crippen LogP contribution in [0.1, 0.15) is 31.7 Å². The van der Waals surface area contributed by atoms with Crippen LogP contribution in [0.4, 0.5) is 10.2 Å². The molecule has 2 aliphatic rings. The van der Waals surface area contributed by atoms with E-state index in [2.05, 4.69) is 23.7 Å². The molecule has 0 radical (unpaired) electrons. The number of alkyl halides is 1. The average molecular weight is 236 g/mol. The Morgan fingerprint density at radius 3 is 3.12 bits per heavy atom. The summed E-state index contributed by atoms with van der Waals surface area (Å²) in [6.07, 6.45) is 1.61. The molecule has 1 aromatic heterocycles. The Hall–Kier alpha value is -1.32. The van der Waals surface area contributed by atoms with Crippen LogP contribution in [0.15, 0.2) is 12.3 Å². The molecular formula is C13H17FN2O. The van der Waals surface area contributed by atoms with Gasteiger partial charge in [-0.25, -0.2) is 9.37 Å². The number of anilines is 1. The number of rotatable bonds is 1. The molecule has 17 heavy (non-hydrogen) atoms. The Bertz CT molecular complexity index is 435. The van der Waals surface area contributed by atoms with Gasteiger partial charge >= 0.3 is 0 Å². The zero-order valence-electron chi connectivity index (χ0n) is 10.2. The number of hydrogen-bond donors (Lipinski definition) is 0. The maximum absolute atomic E-state index is 13.5. The van der Waals surface area contributed by atoms with Crippen molar-refractivity contribution in [3.8, 4) is 5.75 Å². The number of pyridine rings is 1. The number of nitrogens with zero attached hydrogens (tertiary/aromatic N) is 2. The molecule has 3 heterocycles. The second kappa shape index (κ2) is 3.86. The summed E-state index contributed by atoms with van der Waals surface area (Å²) in [7, 11) is 0. The highest BCUT2D eigenvalue weighted by molar-refractivity contribution is 5.60. The molecule has 2 aliphatic heterocycles. The Kier molecular flexibility index (Phi) is 2.45. The second-order valence-corrected chi connectivity index (χ2v) is 5.16. The maximum atomic E-state index is 13.5. The molecule has 0 saturated carbocycles. The van der Waals surface area contributed by atoms with Gasteiger partial charge in [-0.2, -0.15) is 0 Å². The molecule has 4 heteroatoms. The van der Waals surface area contributed by atoms with E-state index in [1.165, 1.54) is 0 Å². The van der Waals surface area contributed by atoms with Crippen LogP contribution < -0.4 is 9.64 Å². The van der Waals surface area contributed by atoms with Crippen LogP contribution >= 0.6 is 0 Å². The minimum atomic E-state index is -0.751. The highest BCUT2D eigenvalue weighted by Gasteiger charge is 2.38. The molecule has 1 fully saturated rings. The number of ether oxygens (including phenoxy) is 1. The van der Waals surface area contributed by atoms with E-state index in [4.69, 9.17) is 4.74 Å². The molecule has 0 bridgehead atoms. The summed E-state index contributed by atoms with van der Waals surface area (Å²) in [5.41, 5.74) is 1.16. The molecular weight excluding hydrogens is 219 g/mol. The standard InChI is InChI=1S/C13H17FN2O/c1-8(2)11-3-4-15-13-12(11)17-7-10-5-9(14)6-16(10)13/h3-4,8-10H,5-7H2,1-2H3/t9?,10-/m0/s1. The smallest absolute Gasteiger partial charge is 0.172 e. The fourth-order valence-corrected chi connectivity index (χ4v) is 2.72. The third-order valence-corrected chi connectivity index (χ3v) is 3.59. The summed E-state index contributed by atoms with van der Waals surface area (Å²) in [5, 5.41) is 0. The van der Waals surface area contributed by atoms with Gasteiger partial charge in [-0.15, -0.1) is 0 Å². The third kappa shape index (κ3) is 1.66. The molecule has 92 valence electrons. The molecule has 3 rings (SSSR count). The first-order valence-electron chi connectivity index (χ1n) is 6.19. The van der Waals surface area contributed by atoms with E-state index in [1.807, 2.05) is 6.07 Å². The maximum Gasteiger partial charge on any atom is 0.172 e. The van der Waals surface area contributed by atoms with Crippen molar-refractivity contribution in [3.05, 3.63) is 17.8 Å². The van der Waals surface area contributed by atoms with Crippen molar-refractivity contribution in [2.45, 2.75) is 38.4 Å². The molecule has 0 spiro atoms. The van der Waals surface area contributed by atoms with Crippen LogP contribution in [0.3, 0.4) is 0 Å². The lowest BCUT2D eigenvalue weighted by Crippen LogP contribution is -2.39. The van der Waals surface area contributed by atoms with E-state index in [9.17, 15) is 4.39 Å². The van der Waals surface area contributed by atoms with Crippen LogP contribution in [0.25, 0.3) is 0 Å². The third-order valence-electron chi connectivity index (χ3n) is 3.59. The van der Waals surface area contributed by atoms with Crippen molar-refractivity contribution in [2.75, 3.05) is 18.1 Å². The monoisotopic (exact) mass is 236 g/mol. The lowest BCUT2D eigenvalue weighted by molar-refractivity contribution is 0.258. The largest absolute Gasteiger partial charge is 0.487 e. The van der Waals surface area contributed by atoms with Gasteiger partial charge in [0.05, 0.1) is 12.6 Å². The predicted octanol–water partition coefficient (Wildman–Crippen LogP) is 2.51. The van der Waals surface area contributed by atoms with E-state index >= 15 is 0 Å². The molecule has 0 N–H and O–H groups in total. The van der Waals surface area contributed by atoms with Crippen molar-refractivity contribution < 1.29 is 9.13 Å². The molecule has 0 aromatic carbocycles. The van der Waals surface area contributed by atoms with Crippen molar-refractivity contribution in [1.82, 2.24) is 4.98 Å². The van der Waals surface area contributed by atoms with Crippen molar-refractivity contribution in [2.24, 2.45) is 0 Å². The molecule has 1 aromatic rings. The quantitative estimate of drug-likeness (QED) is 0.749. The van der Waals surface area contributed by atoms with Crippen LogP contribution in [-0.4, -0.2) is 30.3 Å². The van der Waals surface area contributed by atoms with E-state index in [0.29, 0.717) is 25.5 Å². The lowest BCUT2D eigenvalue weighted by Gasteiger charge is -2.33. The average Bonchev–Trinajstić information content (AvgIpc) is 2.68. The van der Waals surface area contributed by atoms with Crippen molar-refractivity contribution in [3.63, 3.8) is 0 Å². The Morgan fingerprint density at radius 1 is 1.53 bits per heavy atom. The normalized spacial score (nSPS) is 26.7. The lowest BCUT2D eigenvalue weighted by atomic mass is 10.0. The highest BCUT2D eigenvalue weighted by atomic mass is 19.1. The van der Waals surface area contributed by atoms with Gasteiger partial charge in [0.15, 0.2) is 11.6 Å². The van der Waals surface area contributed by atoms with E-state index in [0.717, 1.165) is 17.1 Å². The summed E-state index contributed by atoms with van der Waals surface area (Å²) in [6, 6.07) is 2.15. The molecule has 1 unspecified atom stereocenters. The number of hydrogen-bond acceptors (Lipinski definition) is 3. The fourth-order valence-electron chi connectivity index (χ4n) is 2.72. The van der Waals surface area contributed by atoms with E-state index in [-0.39, 0.29) is 6.04 Å². The molecule has 2 atom stereocenters. The molecule has 3 nitrogen and oxygen atoms in total. The van der Waals surface area contributed by atoms with Crippen molar-refractivity contribution in [1.29, 1.82) is 0 Å². The zero-order chi connectivity index (χ0) is 12.0. The summed E-state index contributed by atoms with van der Waals surface area (Å²) in [5.74, 6) is 2.08. The van der Waals surface area contributed by atoms with Gasteiger partial charge in [0.2, 0.25) is 0 Å². The van der Waals surface area contributed by atoms with E-state index in [1.54, 1.807) is 6.20 Å². The first-order chi connectivity index (χ1) is 8.16. The van der Waals surface area contributed by atoms with Crippen molar-refractivity contribution >= 4 is 5.82 Å².